The van der Waals surface area contributed by atoms with Crippen LogP contribution < -0.4 is 0 Å². The predicted molar refractivity (Wildman–Crippen MR) is 84.7 cm³/mol. The van der Waals surface area contributed by atoms with Crippen molar-refractivity contribution in [3.8, 4) is 0 Å². The van der Waals surface area contributed by atoms with Gasteiger partial charge in [0.1, 0.15) is 0 Å². The summed E-state index contributed by atoms with van der Waals surface area (Å²) in [5.41, 5.74) is 0. The number of carbonyl (C=O) groups is 1. The maximum Gasteiger partial charge on any atom is 0.225 e. The van der Waals surface area contributed by atoms with E-state index in [2.05, 4.69) is 16.7 Å². The van der Waals surface area contributed by atoms with Crippen LogP contribution in [0.1, 0.15) is 32.6 Å². The van der Waals surface area contributed by atoms with E-state index < -0.39 is 0 Å². The predicted octanol–water partition coefficient (Wildman–Crippen LogP) is 1.37. The zero-order valence-electron chi connectivity index (χ0n) is 14.0. The number of morpholine rings is 1. The lowest BCUT2D eigenvalue weighted by atomic mass is 9.82. The number of nitrogens with zero attached hydrogens (tertiary/aromatic N) is 2. The third-order valence-corrected chi connectivity index (χ3v) is 5.68. The largest absolute Gasteiger partial charge is 0.383 e. The van der Waals surface area contributed by atoms with Crippen molar-refractivity contribution in [1.29, 1.82) is 0 Å². The highest BCUT2D eigenvalue weighted by molar-refractivity contribution is 5.79. The molecule has 0 unspecified atom stereocenters. The van der Waals surface area contributed by atoms with Crippen LogP contribution in [0.3, 0.4) is 0 Å². The highest BCUT2D eigenvalue weighted by atomic mass is 16.5. The second kappa shape index (κ2) is 7.28. The van der Waals surface area contributed by atoms with E-state index in [-0.39, 0.29) is 12.0 Å². The van der Waals surface area contributed by atoms with Crippen LogP contribution in [0.2, 0.25) is 0 Å². The van der Waals surface area contributed by atoms with Crippen molar-refractivity contribution in [3.63, 3.8) is 0 Å². The maximum absolute atomic E-state index is 12.8. The minimum Gasteiger partial charge on any atom is -0.383 e. The van der Waals surface area contributed by atoms with E-state index in [9.17, 15) is 4.79 Å². The molecule has 2 heterocycles. The van der Waals surface area contributed by atoms with E-state index >= 15 is 0 Å². The Bertz CT molecular complexity index is 382. The Hall–Kier alpha value is -0.650. The summed E-state index contributed by atoms with van der Waals surface area (Å²) < 4.78 is 11.1. The molecule has 0 bridgehead atoms. The molecule has 22 heavy (non-hydrogen) atoms. The highest BCUT2D eigenvalue weighted by Crippen LogP contribution is 2.31. The Kier molecular flexibility index (Phi) is 5.37. The molecule has 0 aromatic rings. The minimum absolute atomic E-state index is 0.192. The van der Waals surface area contributed by atoms with Gasteiger partial charge in [-0.2, -0.15) is 0 Å². The first kappa shape index (κ1) is 16.2. The van der Waals surface area contributed by atoms with Crippen molar-refractivity contribution >= 4 is 5.91 Å². The number of fused-ring (bicyclic) bond motifs is 1. The van der Waals surface area contributed by atoms with Crippen molar-refractivity contribution < 1.29 is 14.3 Å². The molecule has 126 valence electrons. The molecule has 2 saturated heterocycles. The van der Waals surface area contributed by atoms with Crippen LogP contribution in [0, 0.1) is 11.8 Å². The van der Waals surface area contributed by atoms with Gasteiger partial charge in [-0.05, 0) is 31.6 Å². The normalized spacial score (nSPS) is 36.4. The van der Waals surface area contributed by atoms with E-state index in [1.165, 1.54) is 12.8 Å². The summed E-state index contributed by atoms with van der Waals surface area (Å²) in [6.07, 6.45) is 4.73. The molecule has 0 aromatic carbocycles. The highest BCUT2D eigenvalue weighted by Gasteiger charge is 2.43. The number of hydrogen-bond acceptors (Lipinski definition) is 4. The lowest BCUT2D eigenvalue weighted by Gasteiger charge is -2.36. The van der Waals surface area contributed by atoms with Crippen LogP contribution in [-0.4, -0.2) is 74.4 Å². The Morgan fingerprint density at radius 1 is 1.23 bits per heavy atom. The molecule has 1 aliphatic carbocycles. The zero-order chi connectivity index (χ0) is 15.5. The van der Waals surface area contributed by atoms with E-state index in [0.29, 0.717) is 11.9 Å². The lowest BCUT2D eigenvalue weighted by molar-refractivity contribution is -0.136. The second-order valence-corrected chi connectivity index (χ2v) is 7.21. The maximum atomic E-state index is 12.8. The Morgan fingerprint density at radius 2 is 2.00 bits per heavy atom. The standard InChI is InChI=1S/C17H30N2O3/c1-13-3-5-14(6-4-13)17(20)19-11-15-16(12-19)22-10-8-18(15)7-9-21-2/h13-16H,3-12H2,1-2H3/t13?,14?,15-,16+/m1/s1. The van der Waals surface area contributed by atoms with Crippen molar-refractivity contribution in [2.45, 2.75) is 44.8 Å². The van der Waals surface area contributed by atoms with Gasteiger partial charge >= 0.3 is 0 Å². The molecule has 2 atom stereocenters. The first-order valence-electron chi connectivity index (χ1n) is 8.82. The fourth-order valence-electron chi connectivity index (χ4n) is 4.19. The summed E-state index contributed by atoms with van der Waals surface area (Å²) in [7, 11) is 1.74. The molecule has 2 aliphatic heterocycles. The fraction of sp³-hybridized carbons (Fsp3) is 0.941. The van der Waals surface area contributed by atoms with Gasteiger partial charge in [0.05, 0.1) is 25.4 Å². The Balaban J connectivity index is 1.57. The van der Waals surface area contributed by atoms with Gasteiger partial charge in [0.15, 0.2) is 0 Å². The summed E-state index contributed by atoms with van der Waals surface area (Å²) in [6.45, 7) is 7.31. The molecular weight excluding hydrogens is 280 g/mol. The first-order chi connectivity index (χ1) is 10.7. The van der Waals surface area contributed by atoms with E-state index in [1.807, 2.05) is 0 Å². The molecule has 1 saturated carbocycles. The Morgan fingerprint density at radius 3 is 2.73 bits per heavy atom. The van der Waals surface area contributed by atoms with Gasteiger partial charge in [-0.1, -0.05) is 6.92 Å². The van der Waals surface area contributed by atoms with Crippen molar-refractivity contribution in [1.82, 2.24) is 9.80 Å². The number of amides is 1. The number of ether oxygens (including phenoxy) is 2. The summed E-state index contributed by atoms with van der Waals surface area (Å²) in [4.78, 5) is 17.3. The molecule has 3 fully saturated rings. The third-order valence-electron chi connectivity index (χ3n) is 5.68. The summed E-state index contributed by atoms with van der Waals surface area (Å²) in [5.74, 6) is 1.42. The number of likely N-dealkylation sites (tertiary alicyclic amines) is 1. The van der Waals surface area contributed by atoms with Gasteiger partial charge in [-0.25, -0.2) is 0 Å². The molecular formula is C17H30N2O3. The van der Waals surface area contributed by atoms with Crippen LogP contribution in [0.15, 0.2) is 0 Å². The van der Waals surface area contributed by atoms with Gasteiger partial charge in [0.25, 0.3) is 0 Å². The number of carbonyl (C=O) groups excluding carboxylic acids is 1. The molecule has 3 rings (SSSR count). The van der Waals surface area contributed by atoms with Crippen LogP contribution in [0.25, 0.3) is 0 Å². The van der Waals surface area contributed by atoms with Gasteiger partial charge in [-0.15, -0.1) is 0 Å². The second-order valence-electron chi connectivity index (χ2n) is 7.21. The molecule has 0 N–H and O–H groups in total. The van der Waals surface area contributed by atoms with Crippen molar-refractivity contribution in [2.75, 3.05) is 46.5 Å². The molecule has 1 amide bonds. The van der Waals surface area contributed by atoms with Gasteiger partial charge in [0.2, 0.25) is 5.91 Å². The summed E-state index contributed by atoms with van der Waals surface area (Å²) in [5, 5.41) is 0. The van der Waals surface area contributed by atoms with Crippen LogP contribution in [0.5, 0.6) is 0 Å². The number of rotatable bonds is 4. The van der Waals surface area contributed by atoms with Gasteiger partial charge in [0, 0.05) is 39.2 Å². The molecule has 0 radical (unpaired) electrons. The average Bonchev–Trinajstić information content (AvgIpc) is 2.97. The van der Waals surface area contributed by atoms with Gasteiger partial charge in [-0.3, -0.25) is 9.69 Å². The lowest BCUT2D eigenvalue weighted by Crippen LogP contribution is -2.51. The van der Waals surface area contributed by atoms with E-state index in [1.54, 1.807) is 7.11 Å². The molecule has 0 aromatic heterocycles. The number of hydrogen-bond donors (Lipinski definition) is 0. The third kappa shape index (κ3) is 3.47. The smallest absolute Gasteiger partial charge is 0.225 e. The summed E-state index contributed by atoms with van der Waals surface area (Å²) in [6, 6.07) is 0.357. The van der Waals surface area contributed by atoms with Crippen molar-refractivity contribution in [3.05, 3.63) is 0 Å². The van der Waals surface area contributed by atoms with E-state index in [4.69, 9.17) is 9.47 Å². The zero-order valence-corrected chi connectivity index (χ0v) is 14.0. The topological polar surface area (TPSA) is 42.0 Å². The quantitative estimate of drug-likeness (QED) is 0.786. The molecule has 0 spiro atoms. The monoisotopic (exact) mass is 310 g/mol. The van der Waals surface area contributed by atoms with Crippen LogP contribution in [0.4, 0.5) is 0 Å². The van der Waals surface area contributed by atoms with Crippen LogP contribution >= 0.6 is 0 Å². The SMILES string of the molecule is COCCN1CCO[C@H]2CN(C(=O)C3CCC(C)CC3)C[C@H]21. The number of methoxy groups -OCH3 is 1. The van der Waals surface area contributed by atoms with Crippen LogP contribution in [-0.2, 0) is 14.3 Å². The van der Waals surface area contributed by atoms with Gasteiger partial charge < -0.3 is 14.4 Å². The van der Waals surface area contributed by atoms with Crippen molar-refractivity contribution in [2.24, 2.45) is 11.8 Å². The first-order valence-corrected chi connectivity index (χ1v) is 8.82. The van der Waals surface area contributed by atoms with E-state index in [0.717, 1.165) is 58.2 Å². The Labute approximate surface area is 133 Å². The molecule has 5 heteroatoms. The fourth-order valence-corrected chi connectivity index (χ4v) is 4.19. The average molecular weight is 310 g/mol. The molecule has 3 aliphatic rings. The summed E-state index contributed by atoms with van der Waals surface area (Å²) >= 11 is 0. The molecule has 5 nitrogen and oxygen atoms in total. The minimum atomic E-state index is 0.192.